The van der Waals surface area contributed by atoms with Crippen molar-refractivity contribution < 1.29 is 5.11 Å². The van der Waals surface area contributed by atoms with Gasteiger partial charge in [-0.1, -0.05) is 13.8 Å². The Labute approximate surface area is 95.7 Å². The molecule has 2 aromatic heterocycles. The number of fused-ring (bicyclic) bond motifs is 1. The molecule has 1 N–H and O–H groups in total. The number of pyridine rings is 1. The Morgan fingerprint density at radius 3 is 2.94 bits per heavy atom. The molecule has 0 aliphatic heterocycles. The zero-order chi connectivity index (χ0) is 11.5. The van der Waals surface area contributed by atoms with E-state index in [1.165, 1.54) is 10.9 Å². The van der Waals surface area contributed by atoms with E-state index in [1.807, 2.05) is 12.3 Å². The molecule has 86 valence electrons. The van der Waals surface area contributed by atoms with Crippen molar-refractivity contribution in [3.63, 3.8) is 0 Å². The predicted octanol–water partition coefficient (Wildman–Crippen LogP) is 2.54. The Balaban J connectivity index is 2.49. The topological polar surface area (TPSA) is 38.0 Å². The van der Waals surface area contributed by atoms with E-state index in [-0.39, 0.29) is 6.61 Å². The van der Waals surface area contributed by atoms with Gasteiger partial charge in [-0.2, -0.15) is 0 Å². The zero-order valence-electron chi connectivity index (χ0n) is 9.85. The number of rotatable bonds is 4. The maximum absolute atomic E-state index is 8.88. The van der Waals surface area contributed by atoms with Gasteiger partial charge in [0.1, 0.15) is 5.65 Å². The predicted molar refractivity (Wildman–Crippen MR) is 65.5 cm³/mol. The summed E-state index contributed by atoms with van der Waals surface area (Å²) in [6.45, 7) is 5.44. The number of hydrogen-bond acceptors (Lipinski definition) is 2. The molecule has 0 aliphatic carbocycles. The minimum atomic E-state index is 0.226. The summed E-state index contributed by atoms with van der Waals surface area (Å²) in [5.41, 5.74) is 2.36. The Bertz CT molecular complexity index is 474. The van der Waals surface area contributed by atoms with Gasteiger partial charge in [0.25, 0.3) is 0 Å². The van der Waals surface area contributed by atoms with Crippen LogP contribution in [-0.4, -0.2) is 21.3 Å². The number of hydrogen-bond donors (Lipinski definition) is 1. The fourth-order valence-electron chi connectivity index (χ4n) is 2.02. The van der Waals surface area contributed by atoms with Crippen LogP contribution in [0, 0.1) is 0 Å². The highest BCUT2D eigenvalue weighted by atomic mass is 16.3. The smallest absolute Gasteiger partial charge is 0.140 e. The highest BCUT2D eigenvalue weighted by Crippen LogP contribution is 2.26. The lowest BCUT2D eigenvalue weighted by Crippen LogP contribution is -1.99. The molecule has 0 aromatic carbocycles. The lowest BCUT2D eigenvalue weighted by Gasteiger charge is -2.01. The van der Waals surface area contributed by atoms with Crippen molar-refractivity contribution in [3.8, 4) is 0 Å². The van der Waals surface area contributed by atoms with E-state index in [2.05, 4.69) is 35.7 Å². The molecule has 0 fully saturated rings. The lowest BCUT2D eigenvalue weighted by molar-refractivity contribution is 0.280. The Hall–Kier alpha value is -1.35. The molecule has 0 bridgehead atoms. The van der Waals surface area contributed by atoms with Crippen LogP contribution in [0.5, 0.6) is 0 Å². The second-order valence-corrected chi connectivity index (χ2v) is 4.38. The first-order valence-electron chi connectivity index (χ1n) is 5.78. The largest absolute Gasteiger partial charge is 0.396 e. The van der Waals surface area contributed by atoms with E-state index in [1.54, 1.807) is 0 Å². The first-order valence-corrected chi connectivity index (χ1v) is 5.78. The number of nitrogens with zero attached hydrogens (tertiary/aromatic N) is 2. The number of aryl methyl sites for hydroxylation is 1. The number of aliphatic hydroxyl groups is 1. The molecule has 2 aromatic rings. The molecule has 0 spiro atoms. The summed E-state index contributed by atoms with van der Waals surface area (Å²) < 4.78 is 2.14. The molecule has 2 heterocycles. The molecule has 0 saturated carbocycles. The second-order valence-electron chi connectivity index (χ2n) is 4.38. The molecule has 0 radical (unpaired) electrons. The van der Waals surface area contributed by atoms with Gasteiger partial charge in [0, 0.05) is 30.9 Å². The van der Waals surface area contributed by atoms with E-state index < -0.39 is 0 Å². The van der Waals surface area contributed by atoms with Crippen LogP contribution >= 0.6 is 0 Å². The summed E-state index contributed by atoms with van der Waals surface area (Å²) >= 11 is 0. The molecule has 0 atom stereocenters. The number of aliphatic hydroxyl groups excluding tert-OH is 1. The summed E-state index contributed by atoms with van der Waals surface area (Å²) in [6.07, 6.45) is 4.76. The van der Waals surface area contributed by atoms with Gasteiger partial charge >= 0.3 is 0 Å². The molecule has 3 nitrogen and oxygen atoms in total. The molecule has 0 aliphatic rings. The fourth-order valence-corrected chi connectivity index (χ4v) is 2.02. The van der Waals surface area contributed by atoms with Crippen LogP contribution in [0.1, 0.15) is 31.7 Å². The second kappa shape index (κ2) is 4.66. The summed E-state index contributed by atoms with van der Waals surface area (Å²) in [5, 5.41) is 10.1. The van der Waals surface area contributed by atoms with Crippen LogP contribution < -0.4 is 0 Å². The highest BCUT2D eigenvalue weighted by Gasteiger charge is 2.11. The van der Waals surface area contributed by atoms with E-state index in [4.69, 9.17) is 5.11 Å². The van der Waals surface area contributed by atoms with Crippen LogP contribution in [0.4, 0.5) is 0 Å². The molecule has 0 unspecified atom stereocenters. The third-order valence-electron chi connectivity index (χ3n) is 2.84. The summed E-state index contributed by atoms with van der Waals surface area (Å²) in [6, 6.07) is 4.09. The molecule has 16 heavy (non-hydrogen) atoms. The van der Waals surface area contributed by atoms with Gasteiger partial charge in [0.05, 0.1) is 0 Å². The zero-order valence-corrected chi connectivity index (χ0v) is 9.85. The van der Waals surface area contributed by atoms with Crippen molar-refractivity contribution in [2.45, 2.75) is 32.7 Å². The van der Waals surface area contributed by atoms with Gasteiger partial charge in [0.2, 0.25) is 0 Å². The molecular formula is C13H18N2O. The quantitative estimate of drug-likeness (QED) is 0.856. The third kappa shape index (κ3) is 1.95. The third-order valence-corrected chi connectivity index (χ3v) is 2.84. The van der Waals surface area contributed by atoms with Gasteiger partial charge in [-0.25, -0.2) is 4.98 Å². The maximum atomic E-state index is 8.88. The molecule has 2 rings (SSSR count). The fraction of sp³-hybridized carbons (Fsp3) is 0.462. The normalized spacial score (nSPS) is 11.5. The van der Waals surface area contributed by atoms with Crippen LogP contribution in [0.25, 0.3) is 11.0 Å². The maximum Gasteiger partial charge on any atom is 0.140 e. The first kappa shape index (κ1) is 11.1. The minimum absolute atomic E-state index is 0.226. The van der Waals surface area contributed by atoms with E-state index in [9.17, 15) is 0 Å². The molecule has 3 heteroatoms. The van der Waals surface area contributed by atoms with Gasteiger partial charge < -0.3 is 9.67 Å². The van der Waals surface area contributed by atoms with Gasteiger partial charge in [0.15, 0.2) is 0 Å². The average Bonchev–Trinajstić information content (AvgIpc) is 2.65. The van der Waals surface area contributed by atoms with Crippen LogP contribution in [-0.2, 0) is 6.54 Å². The lowest BCUT2D eigenvalue weighted by atomic mass is 10.0. The highest BCUT2D eigenvalue weighted by molar-refractivity contribution is 5.80. The summed E-state index contributed by atoms with van der Waals surface area (Å²) in [7, 11) is 0. The molecule has 0 amide bonds. The molecular weight excluding hydrogens is 200 g/mol. The van der Waals surface area contributed by atoms with Crippen molar-refractivity contribution in [1.29, 1.82) is 0 Å². The minimum Gasteiger partial charge on any atom is -0.396 e. The van der Waals surface area contributed by atoms with Crippen molar-refractivity contribution >= 4 is 11.0 Å². The van der Waals surface area contributed by atoms with Crippen LogP contribution in [0.2, 0.25) is 0 Å². The Morgan fingerprint density at radius 1 is 1.44 bits per heavy atom. The van der Waals surface area contributed by atoms with Crippen molar-refractivity contribution in [2.75, 3.05) is 6.61 Å². The monoisotopic (exact) mass is 218 g/mol. The van der Waals surface area contributed by atoms with Crippen molar-refractivity contribution in [2.24, 2.45) is 0 Å². The van der Waals surface area contributed by atoms with Crippen LogP contribution in [0.15, 0.2) is 24.5 Å². The van der Waals surface area contributed by atoms with Gasteiger partial charge in [-0.3, -0.25) is 0 Å². The SMILES string of the molecule is CC(C)c1cn(CCCO)c2ncccc12. The van der Waals surface area contributed by atoms with Crippen molar-refractivity contribution in [3.05, 3.63) is 30.1 Å². The van der Waals surface area contributed by atoms with E-state index >= 15 is 0 Å². The van der Waals surface area contributed by atoms with E-state index in [0.717, 1.165) is 18.6 Å². The first-order chi connectivity index (χ1) is 7.74. The van der Waals surface area contributed by atoms with E-state index in [0.29, 0.717) is 5.92 Å². The van der Waals surface area contributed by atoms with Crippen LogP contribution in [0.3, 0.4) is 0 Å². The standard InChI is InChI=1S/C13H18N2O/c1-10(2)12-9-15(7-4-8-16)13-11(12)5-3-6-14-13/h3,5-6,9-10,16H,4,7-8H2,1-2H3. The Morgan fingerprint density at radius 2 is 2.25 bits per heavy atom. The van der Waals surface area contributed by atoms with Crippen molar-refractivity contribution in [1.82, 2.24) is 9.55 Å². The van der Waals surface area contributed by atoms with Gasteiger partial charge in [-0.05, 0) is 30.0 Å². The average molecular weight is 218 g/mol. The van der Waals surface area contributed by atoms with Gasteiger partial charge in [-0.15, -0.1) is 0 Å². The number of aromatic nitrogens is 2. The summed E-state index contributed by atoms with van der Waals surface area (Å²) in [5.74, 6) is 0.502. The Kier molecular flexibility index (Phi) is 3.25. The molecule has 0 saturated heterocycles. The summed E-state index contributed by atoms with van der Waals surface area (Å²) in [4.78, 5) is 4.42.